The van der Waals surface area contributed by atoms with Crippen molar-refractivity contribution in [1.82, 2.24) is 4.98 Å². The van der Waals surface area contributed by atoms with Crippen LogP contribution in [0.2, 0.25) is 0 Å². The fourth-order valence-electron chi connectivity index (χ4n) is 1.11. The number of nitrogens with two attached hydrogens (primary N) is 1. The molecule has 0 aliphatic heterocycles. The smallest absolute Gasteiger partial charge is 0.139 e. The normalized spacial score (nSPS) is 9.46. The minimum absolute atomic E-state index is 0.527. The fourth-order valence-corrected chi connectivity index (χ4v) is 1.11. The van der Waals surface area contributed by atoms with Crippen molar-refractivity contribution in [2.45, 2.75) is 20.8 Å². The summed E-state index contributed by atoms with van der Waals surface area (Å²) in [5.74, 6) is 1.39. The Morgan fingerprint density at radius 2 is 2.08 bits per heavy atom. The molecule has 0 amide bonds. The van der Waals surface area contributed by atoms with E-state index in [1.165, 1.54) is 0 Å². The van der Waals surface area contributed by atoms with Crippen molar-refractivity contribution in [1.29, 1.82) is 0 Å². The van der Waals surface area contributed by atoms with Gasteiger partial charge in [0.15, 0.2) is 0 Å². The number of nitrogens with zero attached hydrogens (tertiary/aromatic N) is 1. The number of nitrogen functional groups attached to an aromatic ring is 1. The topological polar surface area (TPSA) is 52.0 Å². The van der Waals surface area contributed by atoms with Gasteiger partial charge in [0, 0.05) is 6.20 Å². The van der Waals surface area contributed by atoms with Crippen molar-refractivity contribution >= 4 is 16.8 Å². The van der Waals surface area contributed by atoms with Crippen molar-refractivity contribution in [3.05, 3.63) is 24.1 Å². The van der Waals surface area contributed by atoms with Crippen molar-refractivity contribution < 1.29 is 4.42 Å². The predicted molar refractivity (Wildman–Crippen MR) is 54.5 cm³/mol. The second kappa shape index (κ2) is 3.94. The third kappa shape index (κ3) is 1.80. The second-order valence-electron chi connectivity index (χ2n) is 2.47. The van der Waals surface area contributed by atoms with Gasteiger partial charge in [-0.15, -0.1) is 0 Å². The Morgan fingerprint density at radius 3 is 2.69 bits per heavy atom. The van der Waals surface area contributed by atoms with Gasteiger partial charge in [0.25, 0.3) is 0 Å². The lowest BCUT2D eigenvalue weighted by molar-refractivity contribution is 0.578. The van der Waals surface area contributed by atoms with Crippen LogP contribution >= 0.6 is 0 Å². The van der Waals surface area contributed by atoms with E-state index >= 15 is 0 Å². The quantitative estimate of drug-likeness (QED) is 0.674. The molecule has 0 atom stereocenters. The monoisotopic (exact) mass is 178 g/mol. The molecule has 0 saturated carbocycles. The van der Waals surface area contributed by atoms with Gasteiger partial charge in [0.2, 0.25) is 0 Å². The third-order valence-electron chi connectivity index (χ3n) is 1.60. The van der Waals surface area contributed by atoms with Crippen LogP contribution in [-0.4, -0.2) is 4.98 Å². The third-order valence-corrected chi connectivity index (χ3v) is 1.60. The Hall–Kier alpha value is -1.51. The van der Waals surface area contributed by atoms with Gasteiger partial charge in [-0.25, -0.2) is 4.98 Å². The van der Waals surface area contributed by atoms with Gasteiger partial charge in [0.1, 0.15) is 17.2 Å². The maximum atomic E-state index is 5.60. The van der Waals surface area contributed by atoms with Gasteiger partial charge in [-0.3, -0.25) is 0 Å². The largest absolute Gasteiger partial charge is 0.461 e. The Kier molecular flexibility index (Phi) is 2.90. The van der Waals surface area contributed by atoms with E-state index < -0.39 is 0 Å². The Bertz CT molecular complexity index is 393. The minimum Gasteiger partial charge on any atom is -0.461 e. The molecule has 0 aliphatic carbocycles. The molecule has 0 spiro atoms. The summed E-state index contributed by atoms with van der Waals surface area (Å²) in [4.78, 5) is 3.94. The molecule has 2 aromatic heterocycles. The zero-order valence-electron chi connectivity index (χ0n) is 8.16. The van der Waals surface area contributed by atoms with E-state index in [0.717, 1.165) is 16.7 Å². The van der Waals surface area contributed by atoms with Gasteiger partial charge in [0.05, 0.1) is 5.39 Å². The average molecular weight is 178 g/mol. The van der Waals surface area contributed by atoms with Crippen LogP contribution in [0.5, 0.6) is 0 Å². The zero-order valence-corrected chi connectivity index (χ0v) is 8.16. The summed E-state index contributed by atoms with van der Waals surface area (Å²) >= 11 is 0. The molecule has 0 aliphatic rings. The lowest BCUT2D eigenvalue weighted by Crippen LogP contribution is -1.87. The molecule has 2 heterocycles. The first-order valence-electron chi connectivity index (χ1n) is 4.38. The van der Waals surface area contributed by atoms with Crippen LogP contribution < -0.4 is 5.73 Å². The number of aromatic nitrogens is 1. The van der Waals surface area contributed by atoms with Crippen LogP contribution in [0.15, 0.2) is 22.7 Å². The summed E-state index contributed by atoms with van der Waals surface area (Å²) in [6.07, 6.45) is 1.64. The molecule has 2 aromatic rings. The minimum atomic E-state index is 0.527. The van der Waals surface area contributed by atoms with Crippen molar-refractivity contribution in [2.75, 3.05) is 5.73 Å². The van der Waals surface area contributed by atoms with Crippen LogP contribution in [0, 0.1) is 6.92 Å². The van der Waals surface area contributed by atoms with E-state index in [1.807, 2.05) is 26.8 Å². The molecule has 0 radical (unpaired) electrons. The molecule has 70 valence electrons. The second-order valence-corrected chi connectivity index (χ2v) is 2.47. The van der Waals surface area contributed by atoms with Gasteiger partial charge >= 0.3 is 0 Å². The first-order valence-corrected chi connectivity index (χ1v) is 4.38. The summed E-state index contributed by atoms with van der Waals surface area (Å²) in [6, 6.07) is 3.69. The number of rotatable bonds is 0. The first-order chi connectivity index (χ1) is 6.27. The number of anilines is 1. The average Bonchev–Trinajstić information content (AvgIpc) is 2.51. The summed E-state index contributed by atoms with van der Waals surface area (Å²) < 4.78 is 5.33. The van der Waals surface area contributed by atoms with Crippen LogP contribution in [0.1, 0.15) is 19.6 Å². The maximum Gasteiger partial charge on any atom is 0.139 e. The van der Waals surface area contributed by atoms with E-state index in [2.05, 4.69) is 4.98 Å². The standard InChI is InChI=1S/C8H8N2O.C2H6/c1-5-4-6-7(11-5)2-3-10-8(6)9;1-2/h2-4H,1H3,(H2,9,10);1-2H3. The highest BCUT2D eigenvalue weighted by Crippen LogP contribution is 2.21. The first kappa shape index (κ1) is 9.58. The number of aryl methyl sites for hydroxylation is 1. The van der Waals surface area contributed by atoms with Crippen LogP contribution in [0.25, 0.3) is 11.0 Å². The molecule has 3 heteroatoms. The van der Waals surface area contributed by atoms with Crippen molar-refractivity contribution in [3.8, 4) is 0 Å². The Labute approximate surface area is 77.6 Å². The predicted octanol–water partition coefficient (Wildman–Crippen LogP) is 2.74. The van der Waals surface area contributed by atoms with Crippen LogP contribution in [-0.2, 0) is 0 Å². The SMILES string of the molecule is CC.Cc1cc2c(N)nccc2o1. The number of pyridine rings is 1. The van der Waals surface area contributed by atoms with E-state index in [9.17, 15) is 0 Å². The highest BCUT2D eigenvalue weighted by Gasteiger charge is 2.02. The summed E-state index contributed by atoms with van der Waals surface area (Å²) in [6.45, 7) is 5.89. The van der Waals surface area contributed by atoms with Gasteiger partial charge in [-0.1, -0.05) is 13.8 Å². The molecular weight excluding hydrogens is 164 g/mol. The van der Waals surface area contributed by atoms with Gasteiger partial charge in [-0.2, -0.15) is 0 Å². The number of fused-ring (bicyclic) bond motifs is 1. The molecule has 0 aromatic carbocycles. The number of hydrogen-bond donors (Lipinski definition) is 1. The molecule has 3 nitrogen and oxygen atoms in total. The number of hydrogen-bond acceptors (Lipinski definition) is 3. The highest BCUT2D eigenvalue weighted by atomic mass is 16.3. The fraction of sp³-hybridized carbons (Fsp3) is 0.300. The van der Waals surface area contributed by atoms with E-state index in [-0.39, 0.29) is 0 Å². The molecule has 2 N–H and O–H groups in total. The van der Waals surface area contributed by atoms with Crippen LogP contribution in [0.3, 0.4) is 0 Å². The van der Waals surface area contributed by atoms with Crippen molar-refractivity contribution in [2.24, 2.45) is 0 Å². The molecule has 0 fully saturated rings. The molecule has 2 rings (SSSR count). The Balaban J connectivity index is 0.000000396. The molecule has 0 saturated heterocycles. The number of furan rings is 1. The van der Waals surface area contributed by atoms with Crippen molar-refractivity contribution in [3.63, 3.8) is 0 Å². The van der Waals surface area contributed by atoms with Gasteiger partial charge < -0.3 is 10.2 Å². The van der Waals surface area contributed by atoms with Crippen LogP contribution in [0.4, 0.5) is 5.82 Å². The van der Waals surface area contributed by atoms with E-state index in [0.29, 0.717) is 5.82 Å². The summed E-state index contributed by atoms with van der Waals surface area (Å²) in [7, 11) is 0. The molecular formula is C10H14N2O. The molecule has 13 heavy (non-hydrogen) atoms. The highest BCUT2D eigenvalue weighted by molar-refractivity contribution is 5.87. The molecule has 0 unspecified atom stereocenters. The lowest BCUT2D eigenvalue weighted by atomic mass is 10.3. The molecule has 0 bridgehead atoms. The Morgan fingerprint density at radius 1 is 1.38 bits per heavy atom. The maximum absolute atomic E-state index is 5.60. The lowest BCUT2D eigenvalue weighted by Gasteiger charge is -1.89. The van der Waals surface area contributed by atoms with E-state index in [4.69, 9.17) is 10.2 Å². The van der Waals surface area contributed by atoms with E-state index in [1.54, 1.807) is 12.3 Å². The summed E-state index contributed by atoms with van der Waals surface area (Å²) in [5.41, 5.74) is 6.40. The summed E-state index contributed by atoms with van der Waals surface area (Å²) in [5, 5.41) is 0.894. The zero-order chi connectivity index (χ0) is 9.84. The van der Waals surface area contributed by atoms with Gasteiger partial charge in [-0.05, 0) is 19.1 Å².